The predicted octanol–water partition coefficient (Wildman–Crippen LogP) is 3.11. The number of aromatic carboxylic acids is 1. The largest absolute Gasteiger partial charge is 0.489 e. The van der Waals surface area contributed by atoms with Crippen LogP contribution in [-0.4, -0.2) is 35.1 Å². The highest BCUT2D eigenvalue weighted by Gasteiger charge is 2.17. The minimum absolute atomic E-state index is 0.0695. The summed E-state index contributed by atoms with van der Waals surface area (Å²) in [6.45, 7) is 5.57. The van der Waals surface area contributed by atoms with Crippen LogP contribution in [0.5, 0.6) is 5.75 Å². The molecule has 0 spiro atoms. The lowest BCUT2D eigenvalue weighted by molar-refractivity contribution is -0.118. The lowest BCUT2D eigenvalue weighted by atomic mass is 10.1. The molecule has 0 saturated carbocycles. The van der Waals surface area contributed by atoms with Crippen molar-refractivity contribution in [1.29, 1.82) is 0 Å². The molecule has 1 aromatic carbocycles. The SMILES string of the molecule is CSCC(C)C(=O)Nc1cc(C(=O)O)ccc1OC(C)C. The first-order valence-electron chi connectivity index (χ1n) is 6.69. The number of hydrogen-bond donors (Lipinski definition) is 2. The number of carbonyl (C=O) groups excluding carboxylic acids is 1. The summed E-state index contributed by atoms with van der Waals surface area (Å²) in [5.74, 6) is -0.190. The number of carboxylic acid groups (broad SMARTS) is 1. The van der Waals surface area contributed by atoms with Crippen LogP contribution in [0, 0.1) is 5.92 Å². The number of hydrogen-bond acceptors (Lipinski definition) is 4. The van der Waals surface area contributed by atoms with Gasteiger partial charge in [0, 0.05) is 11.7 Å². The van der Waals surface area contributed by atoms with Crippen molar-refractivity contribution in [2.24, 2.45) is 5.92 Å². The van der Waals surface area contributed by atoms with Crippen molar-refractivity contribution in [3.8, 4) is 5.75 Å². The second kappa shape index (κ2) is 7.93. The van der Waals surface area contributed by atoms with E-state index in [1.54, 1.807) is 17.8 Å². The molecule has 21 heavy (non-hydrogen) atoms. The molecular weight excluding hydrogens is 290 g/mol. The number of benzene rings is 1. The van der Waals surface area contributed by atoms with Crippen LogP contribution in [0.1, 0.15) is 31.1 Å². The summed E-state index contributed by atoms with van der Waals surface area (Å²) in [4.78, 5) is 23.1. The van der Waals surface area contributed by atoms with Crippen LogP contribution in [0.4, 0.5) is 5.69 Å². The summed E-state index contributed by atoms with van der Waals surface area (Å²) in [6.07, 6.45) is 1.86. The minimum Gasteiger partial charge on any atom is -0.489 e. The smallest absolute Gasteiger partial charge is 0.335 e. The van der Waals surface area contributed by atoms with E-state index in [2.05, 4.69) is 5.32 Å². The van der Waals surface area contributed by atoms with Crippen LogP contribution in [0.15, 0.2) is 18.2 Å². The molecule has 0 aliphatic heterocycles. The third kappa shape index (κ3) is 5.30. The Kier molecular flexibility index (Phi) is 6.55. The summed E-state index contributed by atoms with van der Waals surface area (Å²) in [5, 5.41) is 11.8. The third-order valence-corrected chi connectivity index (χ3v) is 3.54. The quantitative estimate of drug-likeness (QED) is 0.809. The second-order valence-corrected chi connectivity index (χ2v) is 5.94. The fraction of sp³-hybridized carbons (Fsp3) is 0.467. The molecule has 2 N–H and O–H groups in total. The molecule has 1 aromatic rings. The number of amides is 1. The average molecular weight is 311 g/mol. The number of ether oxygens (including phenoxy) is 1. The second-order valence-electron chi connectivity index (χ2n) is 5.03. The van der Waals surface area contributed by atoms with Crippen LogP contribution in [0.2, 0.25) is 0 Å². The monoisotopic (exact) mass is 311 g/mol. The summed E-state index contributed by atoms with van der Waals surface area (Å²) in [7, 11) is 0. The Morgan fingerprint density at radius 2 is 2.00 bits per heavy atom. The van der Waals surface area contributed by atoms with Gasteiger partial charge >= 0.3 is 5.97 Å². The normalized spacial score (nSPS) is 12.0. The summed E-state index contributed by atoms with van der Waals surface area (Å²) in [5.41, 5.74) is 0.500. The van der Waals surface area contributed by atoms with E-state index in [0.29, 0.717) is 17.2 Å². The van der Waals surface area contributed by atoms with Gasteiger partial charge < -0.3 is 15.2 Å². The van der Waals surface area contributed by atoms with Gasteiger partial charge in [0.05, 0.1) is 17.4 Å². The molecule has 0 aliphatic rings. The molecule has 0 heterocycles. The highest BCUT2D eigenvalue weighted by atomic mass is 32.2. The lowest BCUT2D eigenvalue weighted by Crippen LogP contribution is -2.23. The molecule has 0 saturated heterocycles. The average Bonchev–Trinajstić information content (AvgIpc) is 2.40. The Labute approximate surface area is 129 Å². The fourth-order valence-corrected chi connectivity index (χ4v) is 2.35. The zero-order chi connectivity index (χ0) is 16.0. The van der Waals surface area contributed by atoms with Crippen LogP contribution >= 0.6 is 11.8 Å². The predicted molar refractivity (Wildman–Crippen MR) is 85.3 cm³/mol. The number of rotatable bonds is 7. The van der Waals surface area contributed by atoms with Crippen LogP contribution in [0.25, 0.3) is 0 Å². The number of carboxylic acids is 1. The van der Waals surface area contributed by atoms with E-state index < -0.39 is 5.97 Å². The Balaban J connectivity index is 3.02. The first-order chi connectivity index (χ1) is 9.85. The zero-order valence-corrected chi connectivity index (χ0v) is 13.5. The van der Waals surface area contributed by atoms with Crippen molar-refractivity contribution in [3.05, 3.63) is 23.8 Å². The van der Waals surface area contributed by atoms with E-state index in [0.717, 1.165) is 0 Å². The molecule has 0 bridgehead atoms. The molecule has 1 atom stereocenters. The van der Waals surface area contributed by atoms with Crippen LogP contribution in [0.3, 0.4) is 0 Å². The maximum Gasteiger partial charge on any atom is 0.335 e. The van der Waals surface area contributed by atoms with Crippen molar-refractivity contribution >= 4 is 29.3 Å². The molecule has 0 fully saturated rings. The summed E-state index contributed by atoms with van der Waals surface area (Å²) >= 11 is 1.59. The van der Waals surface area contributed by atoms with Crippen LogP contribution in [-0.2, 0) is 4.79 Å². The van der Waals surface area contributed by atoms with Gasteiger partial charge in [0.1, 0.15) is 5.75 Å². The van der Waals surface area contributed by atoms with Gasteiger partial charge in [-0.15, -0.1) is 0 Å². The van der Waals surface area contributed by atoms with Crippen molar-refractivity contribution < 1.29 is 19.4 Å². The van der Waals surface area contributed by atoms with E-state index >= 15 is 0 Å². The van der Waals surface area contributed by atoms with E-state index in [9.17, 15) is 9.59 Å². The molecule has 5 nitrogen and oxygen atoms in total. The fourth-order valence-electron chi connectivity index (χ4n) is 1.70. The molecule has 0 aromatic heterocycles. The van der Waals surface area contributed by atoms with Crippen molar-refractivity contribution in [2.45, 2.75) is 26.9 Å². The molecule has 1 rings (SSSR count). The Morgan fingerprint density at radius 1 is 1.33 bits per heavy atom. The Hall–Kier alpha value is -1.69. The van der Waals surface area contributed by atoms with Crippen molar-refractivity contribution in [1.82, 2.24) is 0 Å². The van der Waals surface area contributed by atoms with Crippen molar-refractivity contribution in [3.63, 3.8) is 0 Å². The molecule has 1 amide bonds. The highest BCUT2D eigenvalue weighted by molar-refractivity contribution is 7.98. The van der Waals surface area contributed by atoms with Gasteiger partial charge in [-0.3, -0.25) is 4.79 Å². The standard InChI is InChI=1S/C15H21NO4S/c1-9(2)20-13-6-5-11(15(18)19)7-12(13)16-14(17)10(3)8-21-4/h5-7,9-10H,8H2,1-4H3,(H,16,17)(H,18,19). The van der Waals surface area contributed by atoms with Crippen molar-refractivity contribution in [2.75, 3.05) is 17.3 Å². The van der Waals surface area contributed by atoms with Gasteiger partial charge in [0.25, 0.3) is 0 Å². The summed E-state index contributed by atoms with van der Waals surface area (Å²) in [6, 6.07) is 4.45. The molecule has 6 heteroatoms. The Bertz CT molecular complexity index is 516. The van der Waals surface area contributed by atoms with E-state index in [1.165, 1.54) is 12.1 Å². The first kappa shape index (κ1) is 17.4. The maximum absolute atomic E-state index is 12.1. The number of carbonyl (C=O) groups is 2. The number of nitrogens with one attached hydrogen (secondary N) is 1. The van der Waals surface area contributed by atoms with Gasteiger partial charge in [-0.1, -0.05) is 6.92 Å². The summed E-state index contributed by atoms with van der Waals surface area (Å²) < 4.78 is 5.61. The maximum atomic E-state index is 12.1. The number of anilines is 1. The van der Waals surface area contributed by atoms with E-state index in [4.69, 9.17) is 9.84 Å². The highest BCUT2D eigenvalue weighted by Crippen LogP contribution is 2.27. The molecule has 1 unspecified atom stereocenters. The zero-order valence-electron chi connectivity index (χ0n) is 12.7. The third-order valence-electron chi connectivity index (χ3n) is 2.71. The van der Waals surface area contributed by atoms with Gasteiger partial charge in [0.2, 0.25) is 5.91 Å². The minimum atomic E-state index is -1.04. The first-order valence-corrected chi connectivity index (χ1v) is 8.08. The number of thioether (sulfide) groups is 1. The lowest BCUT2D eigenvalue weighted by Gasteiger charge is -2.17. The molecule has 0 radical (unpaired) electrons. The van der Waals surface area contributed by atoms with Crippen LogP contribution < -0.4 is 10.1 Å². The van der Waals surface area contributed by atoms with Gasteiger partial charge in [-0.05, 0) is 38.3 Å². The Morgan fingerprint density at radius 3 is 2.52 bits per heavy atom. The topological polar surface area (TPSA) is 75.6 Å². The molecule has 116 valence electrons. The van der Waals surface area contributed by atoms with E-state index in [1.807, 2.05) is 27.0 Å². The molecule has 0 aliphatic carbocycles. The van der Waals surface area contributed by atoms with Gasteiger partial charge in [-0.25, -0.2) is 4.79 Å². The van der Waals surface area contributed by atoms with E-state index in [-0.39, 0.29) is 23.5 Å². The van der Waals surface area contributed by atoms with Gasteiger partial charge in [0.15, 0.2) is 0 Å². The molecular formula is C15H21NO4S. The van der Waals surface area contributed by atoms with Gasteiger partial charge in [-0.2, -0.15) is 11.8 Å².